The molecular formula is C12H24N2O. The lowest BCUT2D eigenvalue weighted by Gasteiger charge is -2.37. The summed E-state index contributed by atoms with van der Waals surface area (Å²) >= 11 is 0. The van der Waals surface area contributed by atoms with Gasteiger partial charge in [-0.1, -0.05) is 0 Å². The van der Waals surface area contributed by atoms with Crippen LogP contribution in [0.15, 0.2) is 0 Å². The Balaban J connectivity index is 1.82. The fourth-order valence-electron chi connectivity index (χ4n) is 2.70. The summed E-state index contributed by atoms with van der Waals surface area (Å²) in [6.07, 6.45) is 5.08. The Bertz CT molecular complexity index is 216. The number of likely N-dealkylation sites (N-methyl/N-ethyl adjacent to an activating group) is 2. The molecule has 0 aromatic rings. The van der Waals surface area contributed by atoms with Gasteiger partial charge in [0.05, 0.1) is 0 Å². The summed E-state index contributed by atoms with van der Waals surface area (Å²) in [4.78, 5) is 4.89. The first-order valence-electron chi connectivity index (χ1n) is 6.15. The molecule has 2 rings (SSSR count). The fraction of sp³-hybridized carbons (Fsp3) is 1.00. The van der Waals surface area contributed by atoms with Crippen molar-refractivity contribution in [3.63, 3.8) is 0 Å². The van der Waals surface area contributed by atoms with Gasteiger partial charge < -0.3 is 14.9 Å². The van der Waals surface area contributed by atoms with E-state index in [2.05, 4.69) is 23.9 Å². The van der Waals surface area contributed by atoms with E-state index in [-0.39, 0.29) is 5.41 Å². The van der Waals surface area contributed by atoms with Gasteiger partial charge in [0.1, 0.15) is 0 Å². The number of likely N-dealkylation sites (tertiary alicyclic amines) is 1. The van der Waals surface area contributed by atoms with Crippen molar-refractivity contribution in [1.82, 2.24) is 9.80 Å². The van der Waals surface area contributed by atoms with E-state index in [1.807, 2.05) is 0 Å². The Morgan fingerprint density at radius 1 is 1.47 bits per heavy atom. The standard InChI is InChI=1S/C12H24N2O/c1-13-7-3-4-11(8-13)14(2)9-12(10-15)5-6-12/h11,15H,3-10H2,1-2H3. The third-order valence-electron chi connectivity index (χ3n) is 4.10. The molecule has 1 heterocycles. The van der Waals surface area contributed by atoms with Crippen LogP contribution in [0.5, 0.6) is 0 Å². The molecule has 0 bridgehead atoms. The van der Waals surface area contributed by atoms with E-state index in [0.717, 1.165) is 6.54 Å². The van der Waals surface area contributed by atoms with Crippen molar-refractivity contribution in [2.24, 2.45) is 5.41 Å². The van der Waals surface area contributed by atoms with Crippen LogP contribution < -0.4 is 0 Å². The Labute approximate surface area is 93.1 Å². The molecule has 0 aromatic heterocycles. The summed E-state index contributed by atoms with van der Waals surface area (Å²) < 4.78 is 0. The van der Waals surface area contributed by atoms with Gasteiger partial charge in [-0.3, -0.25) is 0 Å². The summed E-state index contributed by atoms with van der Waals surface area (Å²) in [7, 11) is 4.43. The SMILES string of the molecule is CN1CCCC(N(C)CC2(CO)CC2)C1. The maximum absolute atomic E-state index is 9.32. The zero-order valence-corrected chi connectivity index (χ0v) is 10.1. The van der Waals surface area contributed by atoms with Crippen LogP contribution in [0.4, 0.5) is 0 Å². The Kier molecular flexibility index (Phi) is 3.33. The van der Waals surface area contributed by atoms with Crippen molar-refractivity contribution in [3.8, 4) is 0 Å². The molecule has 1 unspecified atom stereocenters. The molecule has 1 aliphatic carbocycles. The summed E-state index contributed by atoms with van der Waals surface area (Å²) in [5, 5.41) is 9.32. The summed E-state index contributed by atoms with van der Waals surface area (Å²) in [6.45, 7) is 3.90. The smallest absolute Gasteiger partial charge is 0.0499 e. The summed E-state index contributed by atoms with van der Waals surface area (Å²) in [5.41, 5.74) is 0.269. The number of aliphatic hydroxyl groups excluding tert-OH is 1. The van der Waals surface area contributed by atoms with Crippen LogP contribution in [0.1, 0.15) is 25.7 Å². The average Bonchev–Trinajstić information content (AvgIpc) is 2.98. The highest BCUT2D eigenvalue weighted by Gasteiger charge is 2.43. The Morgan fingerprint density at radius 3 is 2.73 bits per heavy atom. The lowest BCUT2D eigenvalue weighted by molar-refractivity contribution is 0.0947. The predicted octanol–water partition coefficient (Wildman–Crippen LogP) is 0.785. The number of nitrogens with zero attached hydrogens (tertiary/aromatic N) is 2. The van der Waals surface area contributed by atoms with Crippen LogP contribution in [-0.4, -0.2) is 61.3 Å². The van der Waals surface area contributed by atoms with Gasteiger partial charge in [-0.25, -0.2) is 0 Å². The van der Waals surface area contributed by atoms with Crippen molar-refractivity contribution in [3.05, 3.63) is 0 Å². The van der Waals surface area contributed by atoms with E-state index in [1.165, 1.54) is 38.8 Å². The van der Waals surface area contributed by atoms with Crippen LogP contribution in [0.3, 0.4) is 0 Å². The molecule has 1 aliphatic heterocycles. The van der Waals surface area contributed by atoms with E-state index in [0.29, 0.717) is 12.6 Å². The maximum atomic E-state index is 9.32. The highest BCUT2D eigenvalue weighted by atomic mass is 16.3. The molecule has 3 heteroatoms. The molecule has 0 aromatic carbocycles. The fourth-order valence-corrected chi connectivity index (χ4v) is 2.70. The molecule has 0 amide bonds. The first-order valence-corrected chi connectivity index (χ1v) is 6.15. The molecule has 2 fully saturated rings. The van der Waals surface area contributed by atoms with Gasteiger partial charge in [-0.05, 0) is 46.3 Å². The van der Waals surface area contributed by atoms with E-state index >= 15 is 0 Å². The molecule has 3 nitrogen and oxygen atoms in total. The van der Waals surface area contributed by atoms with Crippen LogP contribution in [0.25, 0.3) is 0 Å². The molecule has 1 saturated carbocycles. The monoisotopic (exact) mass is 212 g/mol. The molecule has 2 aliphatic rings. The minimum atomic E-state index is 0.269. The molecule has 0 radical (unpaired) electrons. The number of hydrogen-bond donors (Lipinski definition) is 1. The second-order valence-corrected chi connectivity index (χ2v) is 5.63. The van der Waals surface area contributed by atoms with Gasteiger partial charge in [0, 0.05) is 31.2 Å². The third-order valence-corrected chi connectivity index (χ3v) is 4.10. The van der Waals surface area contributed by atoms with Gasteiger partial charge in [0.15, 0.2) is 0 Å². The molecule has 15 heavy (non-hydrogen) atoms. The van der Waals surface area contributed by atoms with Gasteiger partial charge in [0.25, 0.3) is 0 Å². The van der Waals surface area contributed by atoms with Crippen molar-refractivity contribution in [2.75, 3.05) is 40.3 Å². The molecule has 1 atom stereocenters. The first kappa shape index (κ1) is 11.4. The molecule has 1 N–H and O–H groups in total. The minimum absolute atomic E-state index is 0.269. The third kappa shape index (κ3) is 2.71. The minimum Gasteiger partial charge on any atom is -0.396 e. The van der Waals surface area contributed by atoms with Crippen LogP contribution in [0, 0.1) is 5.41 Å². The quantitative estimate of drug-likeness (QED) is 0.746. The molecule has 1 saturated heterocycles. The largest absolute Gasteiger partial charge is 0.396 e. The molecular weight excluding hydrogens is 188 g/mol. The van der Waals surface area contributed by atoms with Crippen molar-refractivity contribution in [2.45, 2.75) is 31.7 Å². The normalized spacial score (nSPS) is 30.8. The number of hydrogen-bond acceptors (Lipinski definition) is 3. The Hall–Kier alpha value is -0.120. The van der Waals surface area contributed by atoms with E-state index < -0.39 is 0 Å². The van der Waals surface area contributed by atoms with Crippen molar-refractivity contribution >= 4 is 0 Å². The maximum Gasteiger partial charge on any atom is 0.0499 e. The van der Waals surface area contributed by atoms with Crippen molar-refractivity contribution < 1.29 is 5.11 Å². The van der Waals surface area contributed by atoms with E-state index in [9.17, 15) is 5.11 Å². The van der Waals surface area contributed by atoms with Crippen LogP contribution in [-0.2, 0) is 0 Å². The van der Waals surface area contributed by atoms with Gasteiger partial charge >= 0.3 is 0 Å². The second kappa shape index (κ2) is 4.40. The molecule has 0 spiro atoms. The molecule has 88 valence electrons. The van der Waals surface area contributed by atoms with Gasteiger partial charge in [0.2, 0.25) is 0 Å². The first-order chi connectivity index (χ1) is 7.15. The zero-order valence-electron chi connectivity index (χ0n) is 10.1. The average molecular weight is 212 g/mol. The lowest BCUT2D eigenvalue weighted by atomic mass is 10.0. The predicted molar refractivity (Wildman–Crippen MR) is 61.9 cm³/mol. The van der Waals surface area contributed by atoms with E-state index in [1.54, 1.807) is 0 Å². The summed E-state index contributed by atoms with van der Waals surface area (Å²) in [5.74, 6) is 0. The van der Waals surface area contributed by atoms with Gasteiger partial charge in [-0.2, -0.15) is 0 Å². The number of piperidine rings is 1. The van der Waals surface area contributed by atoms with Crippen LogP contribution >= 0.6 is 0 Å². The Morgan fingerprint density at radius 2 is 2.20 bits per heavy atom. The number of aliphatic hydroxyl groups is 1. The van der Waals surface area contributed by atoms with Crippen LogP contribution in [0.2, 0.25) is 0 Å². The van der Waals surface area contributed by atoms with Gasteiger partial charge in [-0.15, -0.1) is 0 Å². The number of rotatable bonds is 4. The lowest BCUT2D eigenvalue weighted by Crippen LogP contribution is -2.47. The topological polar surface area (TPSA) is 26.7 Å². The van der Waals surface area contributed by atoms with E-state index in [4.69, 9.17) is 0 Å². The highest BCUT2D eigenvalue weighted by Crippen LogP contribution is 2.45. The summed E-state index contributed by atoms with van der Waals surface area (Å²) in [6, 6.07) is 0.702. The second-order valence-electron chi connectivity index (χ2n) is 5.63. The zero-order chi connectivity index (χ0) is 10.9. The van der Waals surface area contributed by atoms with Crippen molar-refractivity contribution in [1.29, 1.82) is 0 Å². The highest BCUT2D eigenvalue weighted by molar-refractivity contribution is 4.96.